The molecule has 0 N–H and O–H groups in total. The number of aromatic nitrogens is 3. The Hall–Kier alpha value is -2.48. The van der Waals surface area contributed by atoms with E-state index in [-0.39, 0.29) is 17.7 Å². The van der Waals surface area contributed by atoms with Gasteiger partial charge < -0.3 is 14.5 Å². The van der Waals surface area contributed by atoms with Crippen LogP contribution < -0.4 is 0 Å². The molecule has 30 heavy (non-hydrogen) atoms. The molecule has 2 fully saturated rings. The Morgan fingerprint density at radius 1 is 1.30 bits per heavy atom. The molecule has 162 valence electrons. The fourth-order valence-electron chi connectivity index (χ4n) is 4.71. The third-order valence-electron chi connectivity index (χ3n) is 6.30. The van der Waals surface area contributed by atoms with Crippen LogP contribution in [0.15, 0.2) is 18.3 Å². The van der Waals surface area contributed by atoms with E-state index in [4.69, 9.17) is 9.84 Å². The molecule has 4 heterocycles. The van der Waals surface area contributed by atoms with E-state index in [1.807, 2.05) is 34.5 Å². The van der Waals surface area contributed by atoms with Crippen LogP contribution in [0.5, 0.6) is 0 Å². The molecule has 0 unspecified atom stereocenters. The summed E-state index contributed by atoms with van der Waals surface area (Å²) in [5, 5.41) is 5.82. The number of carbonyl (C=O) groups excluding carboxylic acids is 2. The number of piperidine rings is 1. The van der Waals surface area contributed by atoms with Gasteiger partial charge in [-0.1, -0.05) is 0 Å². The molecular weight excluding hydrogens is 382 g/mol. The molecule has 4 rings (SSSR count). The van der Waals surface area contributed by atoms with Crippen molar-refractivity contribution in [3.05, 3.63) is 24.0 Å². The Morgan fingerprint density at radius 2 is 2.10 bits per heavy atom. The van der Waals surface area contributed by atoms with Gasteiger partial charge in [0.2, 0.25) is 11.8 Å². The topological polar surface area (TPSA) is 80.6 Å². The minimum absolute atomic E-state index is 0.0900. The molecule has 2 aromatic heterocycles. The second kappa shape index (κ2) is 9.12. The summed E-state index contributed by atoms with van der Waals surface area (Å²) in [5.74, 6) is 0.345. The molecule has 2 amide bonds. The Balaban J connectivity index is 1.32. The minimum Gasteiger partial charge on any atom is -0.382 e. The first-order valence-corrected chi connectivity index (χ1v) is 11.0. The molecule has 8 nitrogen and oxygen atoms in total. The van der Waals surface area contributed by atoms with Gasteiger partial charge in [0.05, 0.1) is 11.6 Å². The number of hydrogen-bond acceptors (Lipinski definition) is 5. The van der Waals surface area contributed by atoms with Crippen molar-refractivity contribution in [3.63, 3.8) is 0 Å². The minimum atomic E-state index is -0.207. The molecule has 2 aromatic rings. The number of aryl methyl sites for hydroxylation is 1. The quantitative estimate of drug-likeness (QED) is 0.648. The van der Waals surface area contributed by atoms with Crippen LogP contribution in [0, 0.1) is 5.92 Å². The number of rotatable bonds is 7. The average Bonchev–Trinajstić information content (AvgIpc) is 3.31. The van der Waals surface area contributed by atoms with E-state index in [0.29, 0.717) is 38.6 Å². The SMILES string of the molecule is CCOCCCN1C[C@@H](C(=O)N2CCC(c3nn(C)c4ncccc34)CC2)CC1=O. The van der Waals surface area contributed by atoms with Crippen molar-refractivity contribution in [1.82, 2.24) is 24.6 Å². The number of hydrogen-bond donors (Lipinski definition) is 0. The number of likely N-dealkylation sites (tertiary alicyclic amines) is 2. The Labute approximate surface area is 177 Å². The maximum atomic E-state index is 13.0. The summed E-state index contributed by atoms with van der Waals surface area (Å²) in [7, 11) is 1.93. The van der Waals surface area contributed by atoms with E-state index < -0.39 is 0 Å². The maximum absolute atomic E-state index is 13.0. The van der Waals surface area contributed by atoms with Crippen molar-refractivity contribution in [2.45, 2.75) is 38.5 Å². The molecule has 1 atom stereocenters. The Bertz CT molecular complexity index is 903. The van der Waals surface area contributed by atoms with Crippen LogP contribution >= 0.6 is 0 Å². The van der Waals surface area contributed by atoms with E-state index in [1.54, 1.807) is 6.20 Å². The third-order valence-corrected chi connectivity index (χ3v) is 6.30. The van der Waals surface area contributed by atoms with Crippen molar-refractivity contribution in [3.8, 4) is 0 Å². The number of carbonyl (C=O) groups is 2. The van der Waals surface area contributed by atoms with Gasteiger partial charge >= 0.3 is 0 Å². The van der Waals surface area contributed by atoms with Crippen molar-refractivity contribution in [2.24, 2.45) is 13.0 Å². The standard InChI is InChI=1S/C22H31N5O3/c1-3-30-13-5-10-27-15-17(14-19(27)28)22(29)26-11-7-16(8-12-26)20-18-6-4-9-23-21(18)25(2)24-20/h4,6,9,16-17H,3,5,7-8,10-15H2,1-2H3/t17-/m0/s1. The lowest BCUT2D eigenvalue weighted by molar-refractivity contribution is -0.136. The highest BCUT2D eigenvalue weighted by Gasteiger charge is 2.37. The molecule has 0 aliphatic carbocycles. The van der Waals surface area contributed by atoms with E-state index in [9.17, 15) is 9.59 Å². The summed E-state index contributed by atoms with van der Waals surface area (Å²) < 4.78 is 7.19. The first-order valence-electron chi connectivity index (χ1n) is 11.0. The van der Waals surface area contributed by atoms with E-state index in [1.165, 1.54) is 0 Å². The summed E-state index contributed by atoms with van der Waals surface area (Å²) in [6, 6.07) is 4.02. The van der Waals surface area contributed by atoms with Gasteiger partial charge in [-0.15, -0.1) is 0 Å². The van der Waals surface area contributed by atoms with Gasteiger partial charge in [0.1, 0.15) is 0 Å². The van der Waals surface area contributed by atoms with Crippen molar-refractivity contribution in [2.75, 3.05) is 39.4 Å². The highest BCUT2D eigenvalue weighted by molar-refractivity contribution is 5.89. The lowest BCUT2D eigenvalue weighted by Crippen LogP contribution is -2.42. The van der Waals surface area contributed by atoms with Gasteiger partial charge in [0.15, 0.2) is 5.65 Å². The summed E-state index contributed by atoms with van der Waals surface area (Å²) in [6.45, 7) is 5.96. The lowest BCUT2D eigenvalue weighted by Gasteiger charge is -2.33. The molecule has 2 aliphatic heterocycles. The molecule has 2 saturated heterocycles. The van der Waals surface area contributed by atoms with Gasteiger partial charge in [-0.25, -0.2) is 4.98 Å². The van der Waals surface area contributed by atoms with Crippen LogP contribution in [0.4, 0.5) is 0 Å². The summed E-state index contributed by atoms with van der Waals surface area (Å²) in [4.78, 5) is 33.5. The van der Waals surface area contributed by atoms with Crippen molar-refractivity contribution in [1.29, 1.82) is 0 Å². The molecule has 2 aliphatic rings. The van der Waals surface area contributed by atoms with E-state index in [0.717, 1.165) is 49.1 Å². The first kappa shape index (κ1) is 20.8. The van der Waals surface area contributed by atoms with Crippen LogP contribution in [0.1, 0.15) is 44.2 Å². The Morgan fingerprint density at radius 3 is 2.87 bits per heavy atom. The number of nitrogens with zero attached hydrogens (tertiary/aromatic N) is 5. The first-order chi connectivity index (χ1) is 14.6. The zero-order valence-corrected chi connectivity index (χ0v) is 17.9. The Kier molecular flexibility index (Phi) is 6.32. The normalized spacial score (nSPS) is 20.5. The predicted octanol–water partition coefficient (Wildman–Crippen LogP) is 1.95. The average molecular weight is 414 g/mol. The zero-order valence-electron chi connectivity index (χ0n) is 17.9. The zero-order chi connectivity index (χ0) is 21.1. The molecule has 8 heteroatoms. The molecule has 0 saturated carbocycles. The van der Waals surface area contributed by atoms with Crippen LogP contribution in [0.25, 0.3) is 11.0 Å². The summed E-state index contributed by atoms with van der Waals surface area (Å²) in [5.41, 5.74) is 1.99. The smallest absolute Gasteiger partial charge is 0.227 e. The monoisotopic (exact) mass is 413 g/mol. The van der Waals surface area contributed by atoms with Crippen LogP contribution in [0.3, 0.4) is 0 Å². The van der Waals surface area contributed by atoms with Gasteiger partial charge in [0.25, 0.3) is 0 Å². The molecule has 0 radical (unpaired) electrons. The van der Waals surface area contributed by atoms with Crippen LogP contribution in [-0.4, -0.2) is 75.8 Å². The van der Waals surface area contributed by atoms with E-state index >= 15 is 0 Å². The third kappa shape index (κ3) is 4.19. The maximum Gasteiger partial charge on any atom is 0.227 e. The number of amides is 2. The molecule has 0 bridgehead atoms. The van der Waals surface area contributed by atoms with Gasteiger partial charge in [-0.05, 0) is 38.3 Å². The van der Waals surface area contributed by atoms with Gasteiger partial charge in [-0.2, -0.15) is 5.10 Å². The molecule has 0 spiro atoms. The highest BCUT2D eigenvalue weighted by atomic mass is 16.5. The second-order valence-corrected chi connectivity index (χ2v) is 8.27. The summed E-state index contributed by atoms with van der Waals surface area (Å²) in [6.07, 6.45) is 4.73. The fraction of sp³-hybridized carbons (Fsp3) is 0.636. The molecular formula is C22H31N5O3. The van der Waals surface area contributed by atoms with Crippen LogP contribution in [0.2, 0.25) is 0 Å². The van der Waals surface area contributed by atoms with Gasteiger partial charge in [-0.3, -0.25) is 14.3 Å². The number of ether oxygens (including phenoxy) is 1. The van der Waals surface area contributed by atoms with E-state index in [2.05, 4.69) is 11.1 Å². The lowest BCUT2D eigenvalue weighted by atomic mass is 9.91. The van der Waals surface area contributed by atoms with Gasteiger partial charge in [0, 0.05) is 70.4 Å². The number of pyridine rings is 1. The fourth-order valence-corrected chi connectivity index (χ4v) is 4.71. The highest BCUT2D eigenvalue weighted by Crippen LogP contribution is 2.32. The van der Waals surface area contributed by atoms with Crippen molar-refractivity contribution >= 4 is 22.8 Å². The predicted molar refractivity (Wildman–Crippen MR) is 113 cm³/mol. The second-order valence-electron chi connectivity index (χ2n) is 8.27. The molecule has 0 aromatic carbocycles. The largest absolute Gasteiger partial charge is 0.382 e. The van der Waals surface area contributed by atoms with Crippen LogP contribution in [-0.2, 0) is 21.4 Å². The van der Waals surface area contributed by atoms with Crippen molar-refractivity contribution < 1.29 is 14.3 Å². The number of fused-ring (bicyclic) bond motifs is 1. The summed E-state index contributed by atoms with van der Waals surface area (Å²) >= 11 is 0.